The highest BCUT2D eigenvalue weighted by Gasteiger charge is 2.22. The number of ether oxygens (including phenoxy) is 2. The maximum atomic E-state index is 14.1. The molecule has 2 heterocycles. The number of hydrogen-bond donors (Lipinski definition) is 0. The first kappa shape index (κ1) is 19.6. The Kier molecular flexibility index (Phi) is 6.31. The number of hydrogen-bond acceptors (Lipinski definition) is 5. The van der Waals surface area contributed by atoms with Crippen molar-refractivity contribution in [1.29, 1.82) is 0 Å². The summed E-state index contributed by atoms with van der Waals surface area (Å²) in [5, 5.41) is 4.28. The number of methoxy groups -OCH3 is 1. The van der Waals surface area contributed by atoms with Crippen LogP contribution in [-0.2, 0) is 16.2 Å². The molecule has 0 aromatic carbocycles. The van der Waals surface area contributed by atoms with Gasteiger partial charge in [-0.05, 0) is 12.1 Å². The van der Waals surface area contributed by atoms with Crippen LogP contribution in [0.5, 0.6) is 0 Å². The monoisotopic (exact) mass is 385 g/mol. The predicted octanol–water partition coefficient (Wildman–Crippen LogP) is 3.84. The highest BCUT2D eigenvalue weighted by Crippen LogP contribution is 2.28. The molecule has 0 aliphatic rings. The van der Waals surface area contributed by atoms with Crippen LogP contribution in [0.2, 0.25) is 30.8 Å². The van der Waals surface area contributed by atoms with Crippen LogP contribution in [0.25, 0.3) is 11.1 Å². The second-order valence-corrected chi connectivity index (χ2v) is 12.8. The molecule has 0 saturated heterocycles. The molecular weight excluding hydrogens is 365 g/mol. The zero-order chi connectivity index (χ0) is 18.6. The molecule has 0 radical (unpaired) electrons. The molecule has 0 amide bonds. The molecule has 0 aliphatic heterocycles. The van der Waals surface area contributed by atoms with Crippen molar-refractivity contribution < 1.29 is 18.7 Å². The lowest BCUT2D eigenvalue weighted by atomic mass is 10.1. The van der Waals surface area contributed by atoms with Gasteiger partial charge in [0.1, 0.15) is 17.7 Å². The van der Waals surface area contributed by atoms with E-state index in [0.717, 1.165) is 12.2 Å². The van der Waals surface area contributed by atoms with Crippen molar-refractivity contribution in [2.24, 2.45) is 0 Å². The molecule has 0 fully saturated rings. The summed E-state index contributed by atoms with van der Waals surface area (Å²) in [5.41, 5.74) is 0.411. The van der Waals surface area contributed by atoms with Crippen LogP contribution in [0.15, 0.2) is 18.5 Å². The second-order valence-electron chi connectivity index (χ2n) is 6.76. The molecule has 0 atom stereocenters. The number of rotatable bonds is 7. The van der Waals surface area contributed by atoms with Crippen molar-refractivity contribution in [3.05, 3.63) is 35.1 Å². The van der Waals surface area contributed by atoms with Gasteiger partial charge in [-0.15, -0.1) is 0 Å². The summed E-state index contributed by atoms with van der Waals surface area (Å²) in [6.07, 6.45) is 2.54. The van der Waals surface area contributed by atoms with Gasteiger partial charge < -0.3 is 9.47 Å². The maximum absolute atomic E-state index is 14.1. The molecule has 9 heteroatoms. The number of pyridine rings is 1. The van der Waals surface area contributed by atoms with Gasteiger partial charge in [0.15, 0.2) is 5.69 Å². The van der Waals surface area contributed by atoms with Crippen LogP contribution in [0, 0.1) is 5.82 Å². The fraction of sp³-hybridized carbons (Fsp3) is 0.438. The Hall–Kier alpha value is -1.77. The Morgan fingerprint density at radius 3 is 2.72 bits per heavy atom. The standard InChI is InChI=1S/C16H21ClFN3O3Si/c1-23-16(22)15-12(11-7-14(17)19-8-13(11)18)9-21(20-15)10-24-5-6-25(2,3)4/h7-9H,5-6,10H2,1-4H3. The van der Waals surface area contributed by atoms with E-state index in [2.05, 4.69) is 29.7 Å². The average Bonchev–Trinajstić information content (AvgIpc) is 2.96. The van der Waals surface area contributed by atoms with E-state index in [1.807, 2.05) is 0 Å². The normalized spacial score (nSPS) is 11.6. The molecule has 2 rings (SSSR count). The first-order valence-electron chi connectivity index (χ1n) is 7.76. The minimum Gasteiger partial charge on any atom is -0.464 e. The molecule has 0 saturated carbocycles. The Labute approximate surface area is 151 Å². The SMILES string of the molecule is COC(=O)c1nn(COCC[Si](C)(C)C)cc1-c1cc(Cl)ncc1F. The number of esters is 1. The fourth-order valence-corrected chi connectivity index (χ4v) is 3.00. The first-order chi connectivity index (χ1) is 11.7. The molecule has 0 unspecified atom stereocenters. The summed E-state index contributed by atoms with van der Waals surface area (Å²) in [4.78, 5) is 15.7. The first-order valence-corrected chi connectivity index (χ1v) is 11.8. The third-order valence-electron chi connectivity index (χ3n) is 3.47. The quantitative estimate of drug-likeness (QED) is 0.313. The highest BCUT2D eigenvalue weighted by atomic mass is 35.5. The van der Waals surface area contributed by atoms with Crippen LogP contribution in [0.1, 0.15) is 10.5 Å². The predicted molar refractivity (Wildman–Crippen MR) is 95.9 cm³/mol. The van der Waals surface area contributed by atoms with E-state index >= 15 is 0 Å². The summed E-state index contributed by atoms with van der Waals surface area (Å²) >= 11 is 5.84. The minimum absolute atomic E-state index is 0.00235. The molecule has 6 nitrogen and oxygen atoms in total. The third-order valence-corrected chi connectivity index (χ3v) is 5.38. The van der Waals surface area contributed by atoms with Crippen LogP contribution in [0.3, 0.4) is 0 Å². The van der Waals surface area contributed by atoms with Crippen molar-refractivity contribution in [3.63, 3.8) is 0 Å². The van der Waals surface area contributed by atoms with E-state index in [9.17, 15) is 9.18 Å². The Morgan fingerprint density at radius 2 is 2.08 bits per heavy atom. The number of carbonyl (C=O) groups is 1. The zero-order valence-corrected chi connectivity index (χ0v) is 16.4. The van der Waals surface area contributed by atoms with E-state index in [1.54, 1.807) is 0 Å². The van der Waals surface area contributed by atoms with Crippen LogP contribution in [-0.4, -0.2) is 42.5 Å². The van der Waals surface area contributed by atoms with Gasteiger partial charge in [-0.25, -0.2) is 18.9 Å². The van der Waals surface area contributed by atoms with Gasteiger partial charge in [-0.3, -0.25) is 0 Å². The van der Waals surface area contributed by atoms with Gasteiger partial charge in [0.05, 0.1) is 13.3 Å². The molecule has 2 aromatic rings. The number of nitrogens with zero attached hydrogens (tertiary/aromatic N) is 3. The maximum Gasteiger partial charge on any atom is 0.359 e. The van der Waals surface area contributed by atoms with E-state index in [4.69, 9.17) is 21.1 Å². The molecule has 0 spiro atoms. The lowest BCUT2D eigenvalue weighted by Crippen LogP contribution is -2.22. The van der Waals surface area contributed by atoms with E-state index in [0.29, 0.717) is 6.61 Å². The van der Waals surface area contributed by atoms with E-state index in [-0.39, 0.29) is 28.7 Å². The van der Waals surface area contributed by atoms with Crippen LogP contribution >= 0.6 is 11.6 Å². The minimum atomic E-state index is -1.19. The van der Waals surface area contributed by atoms with Gasteiger partial charge in [-0.2, -0.15) is 5.10 Å². The number of carbonyl (C=O) groups excluding carboxylic acids is 1. The summed E-state index contributed by atoms with van der Waals surface area (Å²) in [6, 6.07) is 2.36. The Bertz CT molecular complexity index is 762. The Morgan fingerprint density at radius 1 is 1.36 bits per heavy atom. The van der Waals surface area contributed by atoms with Crippen molar-refractivity contribution in [2.75, 3.05) is 13.7 Å². The average molecular weight is 386 g/mol. The molecule has 136 valence electrons. The van der Waals surface area contributed by atoms with Crippen molar-refractivity contribution >= 4 is 25.6 Å². The highest BCUT2D eigenvalue weighted by molar-refractivity contribution is 6.76. The van der Waals surface area contributed by atoms with Crippen LogP contribution < -0.4 is 0 Å². The van der Waals surface area contributed by atoms with Gasteiger partial charge in [-0.1, -0.05) is 31.2 Å². The van der Waals surface area contributed by atoms with Gasteiger partial charge in [0, 0.05) is 32.0 Å². The number of aromatic nitrogens is 3. The third kappa shape index (κ3) is 5.35. The summed E-state index contributed by atoms with van der Waals surface area (Å²) in [5.74, 6) is -1.27. The van der Waals surface area contributed by atoms with Crippen molar-refractivity contribution in [1.82, 2.24) is 14.8 Å². The van der Waals surface area contributed by atoms with E-state index < -0.39 is 19.9 Å². The fourth-order valence-electron chi connectivity index (χ4n) is 2.09. The molecule has 0 bridgehead atoms. The second kappa shape index (κ2) is 8.07. The lowest BCUT2D eigenvalue weighted by molar-refractivity contribution is 0.0583. The molecular formula is C16H21ClFN3O3Si. The molecule has 2 aromatic heterocycles. The molecule has 25 heavy (non-hydrogen) atoms. The summed E-state index contributed by atoms with van der Waals surface area (Å²) in [7, 11) is 0.0504. The molecule has 0 aliphatic carbocycles. The van der Waals surface area contributed by atoms with Crippen molar-refractivity contribution in [2.45, 2.75) is 32.4 Å². The molecule has 0 N–H and O–H groups in total. The summed E-state index contributed by atoms with van der Waals surface area (Å²) in [6.45, 7) is 7.54. The van der Waals surface area contributed by atoms with Crippen molar-refractivity contribution in [3.8, 4) is 11.1 Å². The largest absolute Gasteiger partial charge is 0.464 e. The zero-order valence-electron chi connectivity index (χ0n) is 14.7. The number of halogens is 2. The van der Waals surface area contributed by atoms with E-state index in [1.165, 1.54) is 24.1 Å². The topological polar surface area (TPSA) is 66.2 Å². The summed E-state index contributed by atoms with van der Waals surface area (Å²) < 4.78 is 25.9. The van der Waals surface area contributed by atoms with Gasteiger partial charge >= 0.3 is 5.97 Å². The lowest BCUT2D eigenvalue weighted by Gasteiger charge is -2.15. The Balaban J connectivity index is 2.25. The van der Waals surface area contributed by atoms with Crippen LogP contribution in [0.4, 0.5) is 4.39 Å². The van der Waals surface area contributed by atoms with Gasteiger partial charge in [0.25, 0.3) is 0 Å². The smallest absolute Gasteiger partial charge is 0.359 e. The van der Waals surface area contributed by atoms with Gasteiger partial charge in [0.2, 0.25) is 0 Å².